The Morgan fingerprint density at radius 2 is 1.89 bits per heavy atom. The van der Waals surface area contributed by atoms with Crippen LogP contribution in [0.1, 0.15) is 27.9 Å². The van der Waals surface area contributed by atoms with Crippen LogP contribution in [0.2, 0.25) is 0 Å². The molecular formula is C15H14N2OS. The van der Waals surface area contributed by atoms with Crippen LogP contribution in [0, 0.1) is 13.8 Å². The fourth-order valence-electron chi connectivity index (χ4n) is 2.07. The van der Waals surface area contributed by atoms with Crippen LogP contribution in [0.25, 0.3) is 16.2 Å². The lowest BCUT2D eigenvalue weighted by Gasteiger charge is -1.98. The fraction of sp³-hybridized carbons (Fsp3) is 0.200. The van der Waals surface area contributed by atoms with Gasteiger partial charge < -0.3 is 0 Å². The number of rotatable bonds is 2. The second kappa shape index (κ2) is 4.31. The van der Waals surface area contributed by atoms with Gasteiger partial charge in [0.25, 0.3) is 0 Å². The van der Waals surface area contributed by atoms with Crippen LogP contribution in [-0.4, -0.2) is 15.2 Å². The van der Waals surface area contributed by atoms with Gasteiger partial charge in [0.05, 0.1) is 5.69 Å². The number of ketones is 1. The zero-order valence-corrected chi connectivity index (χ0v) is 11.9. The Balaban J connectivity index is 2.06. The molecule has 3 rings (SSSR count). The van der Waals surface area contributed by atoms with E-state index < -0.39 is 0 Å². The molecule has 0 aliphatic carbocycles. The van der Waals surface area contributed by atoms with Crippen LogP contribution in [0.3, 0.4) is 0 Å². The molecule has 0 N–H and O–H groups in total. The molecule has 96 valence electrons. The summed E-state index contributed by atoms with van der Waals surface area (Å²) in [7, 11) is 0. The Kier molecular flexibility index (Phi) is 2.75. The summed E-state index contributed by atoms with van der Waals surface area (Å²) in [6.45, 7) is 5.78. The molecule has 4 heteroatoms. The van der Waals surface area contributed by atoms with Crippen molar-refractivity contribution in [2.45, 2.75) is 20.8 Å². The number of benzene rings is 1. The maximum atomic E-state index is 11.3. The van der Waals surface area contributed by atoms with Crippen molar-refractivity contribution in [1.29, 1.82) is 0 Å². The van der Waals surface area contributed by atoms with Crippen LogP contribution in [0.5, 0.6) is 0 Å². The summed E-state index contributed by atoms with van der Waals surface area (Å²) in [6.07, 6.45) is 2.05. The summed E-state index contributed by atoms with van der Waals surface area (Å²) in [5, 5.41) is 0. The topological polar surface area (TPSA) is 34.4 Å². The van der Waals surface area contributed by atoms with E-state index >= 15 is 0 Å². The molecule has 0 saturated carbocycles. The van der Waals surface area contributed by atoms with E-state index in [1.807, 2.05) is 24.3 Å². The lowest BCUT2D eigenvalue weighted by Crippen LogP contribution is -1.90. The number of hydrogen-bond donors (Lipinski definition) is 0. The van der Waals surface area contributed by atoms with Gasteiger partial charge in [0.2, 0.25) is 0 Å². The Morgan fingerprint density at radius 1 is 1.21 bits per heavy atom. The third-order valence-electron chi connectivity index (χ3n) is 3.38. The Bertz CT molecular complexity index is 765. The van der Waals surface area contributed by atoms with E-state index in [9.17, 15) is 4.79 Å². The van der Waals surface area contributed by atoms with E-state index in [0.717, 1.165) is 21.8 Å². The number of aryl methyl sites for hydroxylation is 2. The van der Waals surface area contributed by atoms with Crippen LogP contribution >= 0.6 is 11.3 Å². The predicted molar refractivity (Wildman–Crippen MR) is 78.0 cm³/mol. The molecule has 2 heterocycles. The molecule has 0 unspecified atom stereocenters. The van der Waals surface area contributed by atoms with Crippen molar-refractivity contribution in [3.63, 3.8) is 0 Å². The monoisotopic (exact) mass is 270 g/mol. The van der Waals surface area contributed by atoms with E-state index in [1.165, 1.54) is 10.6 Å². The summed E-state index contributed by atoms with van der Waals surface area (Å²) in [5.41, 5.74) is 3.96. The highest BCUT2D eigenvalue weighted by molar-refractivity contribution is 7.17. The lowest BCUT2D eigenvalue weighted by molar-refractivity contribution is 0.101. The first-order valence-corrected chi connectivity index (χ1v) is 6.94. The number of hydrogen-bond acceptors (Lipinski definition) is 3. The van der Waals surface area contributed by atoms with Gasteiger partial charge in [-0.15, -0.1) is 11.3 Å². The van der Waals surface area contributed by atoms with Crippen LogP contribution in [0.4, 0.5) is 0 Å². The van der Waals surface area contributed by atoms with Crippen LogP contribution in [0.15, 0.2) is 30.5 Å². The maximum Gasteiger partial charge on any atom is 0.194 e. The number of carbonyl (C=O) groups is 1. The van der Waals surface area contributed by atoms with Gasteiger partial charge >= 0.3 is 0 Å². The molecule has 3 nitrogen and oxygen atoms in total. The highest BCUT2D eigenvalue weighted by Crippen LogP contribution is 2.26. The zero-order chi connectivity index (χ0) is 13.6. The van der Waals surface area contributed by atoms with Crippen LogP contribution < -0.4 is 0 Å². The van der Waals surface area contributed by atoms with Crippen molar-refractivity contribution in [3.8, 4) is 11.3 Å². The van der Waals surface area contributed by atoms with Gasteiger partial charge in [-0.1, -0.05) is 24.3 Å². The molecule has 1 aromatic carbocycles. The van der Waals surface area contributed by atoms with E-state index in [2.05, 4.69) is 29.4 Å². The Morgan fingerprint density at radius 3 is 2.47 bits per heavy atom. The van der Waals surface area contributed by atoms with Crippen molar-refractivity contribution in [3.05, 3.63) is 46.6 Å². The van der Waals surface area contributed by atoms with E-state index in [0.29, 0.717) is 0 Å². The number of carbonyl (C=O) groups excluding carboxylic acids is 1. The van der Waals surface area contributed by atoms with Crippen molar-refractivity contribution < 1.29 is 4.79 Å². The highest BCUT2D eigenvalue weighted by Gasteiger charge is 2.10. The third-order valence-corrected chi connectivity index (χ3v) is 4.45. The molecule has 0 aliphatic heterocycles. The smallest absolute Gasteiger partial charge is 0.194 e. The summed E-state index contributed by atoms with van der Waals surface area (Å²) >= 11 is 1.70. The molecule has 0 aliphatic rings. The zero-order valence-electron chi connectivity index (χ0n) is 11.1. The average Bonchev–Trinajstić information content (AvgIpc) is 2.91. The van der Waals surface area contributed by atoms with Crippen molar-refractivity contribution in [2.24, 2.45) is 0 Å². The summed E-state index contributed by atoms with van der Waals surface area (Å²) in [4.78, 5) is 18.2. The first-order chi connectivity index (χ1) is 9.06. The number of Topliss-reactive ketones (excluding diaryl/α,β-unsaturated/α-hetero) is 1. The van der Waals surface area contributed by atoms with E-state index in [-0.39, 0.29) is 5.78 Å². The molecule has 19 heavy (non-hydrogen) atoms. The molecule has 0 radical (unpaired) electrons. The summed E-state index contributed by atoms with van der Waals surface area (Å²) in [6, 6.07) is 7.60. The predicted octanol–water partition coefficient (Wildman–Crippen LogP) is 3.88. The average molecular weight is 270 g/mol. The van der Waals surface area contributed by atoms with Gasteiger partial charge in [-0.2, -0.15) is 0 Å². The molecule has 0 atom stereocenters. The number of aromatic nitrogens is 2. The van der Waals surface area contributed by atoms with Gasteiger partial charge in [0, 0.05) is 27.9 Å². The molecule has 0 saturated heterocycles. The lowest BCUT2D eigenvalue weighted by atomic mass is 10.1. The second-order valence-electron chi connectivity index (χ2n) is 4.66. The molecule has 0 bridgehead atoms. The Labute approximate surface area is 115 Å². The molecule has 0 spiro atoms. The first-order valence-electron chi connectivity index (χ1n) is 6.13. The fourth-order valence-corrected chi connectivity index (χ4v) is 3.02. The van der Waals surface area contributed by atoms with Gasteiger partial charge in [-0.3, -0.25) is 9.20 Å². The minimum absolute atomic E-state index is 0.0869. The van der Waals surface area contributed by atoms with Crippen molar-refractivity contribution in [1.82, 2.24) is 9.38 Å². The van der Waals surface area contributed by atoms with Crippen molar-refractivity contribution in [2.75, 3.05) is 0 Å². The molecular weight excluding hydrogens is 256 g/mol. The molecule has 0 amide bonds. The minimum atomic E-state index is 0.0869. The van der Waals surface area contributed by atoms with Crippen LogP contribution in [-0.2, 0) is 0 Å². The highest BCUT2D eigenvalue weighted by atomic mass is 32.1. The molecule has 2 aromatic heterocycles. The maximum absolute atomic E-state index is 11.3. The number of nitrogens with zero attached hydrogens (tertiary/aromatic N) is 2. The van der Waals surface area contributed by atoms with Crippen molar-refractivity contribution >= 4 is 22.1 Å². The second-order valence-corrected chi connectivity index (χ2v) is 5.84. The Hall–Kier alpha value is -1.94. The third kappa shape index (κ3) is 1.98. The molecule has 3 aromatic rings. The number of imidazole rings is 1. The van der Waals surface area contributed by atoms with Gasteiger partial charge in [-0.25, -0.2) is 4.98 Å². The van der Waals surface area contributed by atoms with E-state index in [1.54, 1.807) is 18.3 Å². The summed E-state index contributed by atoms with van der Waals surface area (Å²) in [5.74, 6) is 0.0869. The SMILES string of the molecule is CC(=O)c1ccc(-c2cn3c(C)c(C)sc3n2)cc1. The first kappa shape index (κ1) is 12.1. The standard InChI is InChI=1S/C15H14N2OS/c1-9-11(3)19-15-16-14(8-17(9)15)13-6-4-12(5-7-13)10(2)18/h4-8H,1-3H3. The summed E-state index contributed by atoms with van der Waals surface area (Å²) < 4.78 is 2.12. The normalized spacial score (nSPS) is 11.1. The number of thiazole rings is 1. The quantitative estimate of drug-likeness (QED) is 0.662. The number of fused-ring (bicyclic) bond motifs is 1. The van der Waals surface area contributed by atoms with Gasteiger partial charge in [0.15, 0.2) is 10.7 Å². The minimum Gasteiger partial charge on any atom is -0.295 e. The van der Waals surface area contributed by atoms with E-state index in [4.69, 9.17) is 0 Å². The van der Waals surface area contributed by atoms with Gasteiger partial charge in [0.1, 0.15) is 0 Å². The van der Waals surface area contributed by atoms with Gasteiger partial charge in [-0.05, 0) is 20.8 Å². The molecule has 0 fully saturated rings. The largest absolute Gasteiger partial charge is 0.295 e.